The van der Waals surface area contributed by atoms with E-state index < -0.39 is 0 Å². The third-order valence-electron chi connectivity index (χ3n) is 2.55. The minimum Gasteiger partial charge on any atom is -0.486 e. The maximum atomic E-state index is 9.04. The Hall–Kier alpha value is -1.30. The van der Waals surface area contributed by atoms with Crippen LogP contribution in [0.1, 0.15) is 4.88 Å². The molecule has 0 bridgehead atoms. The van der Waals surface area contributed by atoms with Crippen LogP contribution < -0.4 is 9.47 Å². The largest absolute Gasteiger partial charge is 0.486 e. The molecule has 0 fully saturated rings. The molecule has 0 saturated carbocycles. The van der Waals surface area contributed by atoms with Crippen LogP contribution in [0.5, 0.6) is 11.5 Å². The van der Waals surface area contributed by atoms with Gasteiger partial charge in [0.15, 0.2) is 11.5 Å². The molecule has 0 saturated heterocycles. The zero-order valence-corrected chi connectivity index (χ0v) is 10.9. The lowest BCUT2D eigenvalue weighted by Gasteiger charge is -2.19. The van der Waals surface area contributed by atoms with Gasteiger partial charge in [0, 0.05) is 11.8 Å². The summed E-state index contributed by atoms with van der Waals surface area (Å²) in [6, 6.07) is 3.66. The van der Waals surface area contributed by atoms with E-state index in [0.29, 0.717) is 29.7 Å². The van der Waals surface area contributed by atoms with Crippen molar-refractivity contribution in [1.29, 1.82) is 0 Å². The molecule has 0 unspecified atom stereocenters. The van der Waals surface area contributed by atoms with Gasteiger partial charge in [0.25, 0.3) is 0 Å². The Morgan fingerprint density at radius 2 is 2.17 bits per heavy atom. The molecule has 18 heavy (non-hydrogen) atoms. The first-order valence-electron chi connectivity index (χ1n) is 5.43. The van der Waals surface area contributed by atoms with E-state index in [1.54, 1.807) is 12.3 Å². The van der Waals surface area contributed by atoms with Gasteiger partial charge in [-0.1, -0.05) is 11.6 Å². The monoisotopic (exact) mass is 283 g/mol. The molecule has 3 rings (SSSR count). The topological polar surface area (TPSA) is 51.6 Å². The van der Waals surface area contributed by atoms with Crippen molar-refractivity contribution in [2.24, 2.45) is 0 Å². The molecule has 0 spiro atoms. The Bertz CT molecular complexity index is 585. The first kappa shape index (κ1) is 11.8. The van der Waals surface area contributed by atoms with Crippen LogP contribution in [-0.4, -0.2) is 23.3 Å². The van der Waals surface area contributed by atoms with Crippen molar-refractivity contribution in [3.05, 3.63) is 28.2 Å². The Morgan fingerprint density at radius 1 is 1.33 bits per heavy atom. The van der Waals surface area contributed by atoms with E-state index in [1.807, 2.05) is 6.07 Å². The summed E-state index contributed by atoms with van der Waals surface area (Å²) in [7, 11) is 0. The molecule has 2 heterocycles. The number of benzene rings is 1. The predicted molar refractivity (Wildman–Crippen MR) is 69.5 cm³/mol. The van der Waals surface area contributed by atoms with Gasteiger partial charge >= 0.3 is 0 Å². The van der Waals surface area contributed by atoms with Crippen LogP contribution in [0.4, 0.5) is 0 Å². The number of thiazole rings is 1. The molecule has 0 radical (unpaired) electrons. The maximum Gasteiger partial charge on any atom is 0.179 e. The van der Waals surface area contributed by atoms with Crippen molar-refractivity contribution in [2.45, 2.75) is 6.61 Å². The van der Waals surface area contributed by atoms with Crippen molar-refractivity contribution in [3.63, 3.8) is 0 Å². The van der Waals surface area contributed by atoms with E-state index in [4.69, 9.17) is 26.2 Å². The molecular formula is C12H10ClNO3S. The molecular weight excluding hydrogens is 274 g/mol. The molecule has 1 aliphatic heterocycles. The number of ether oxygens (including phenoxy) is 2. The van der Waals surface area contributed by atoms with E-state index >= 15 is 0 Å². The lowest BCUT2D eigenvalue weighted by Crippen LogP contribution is -2.15. The average molecular weight is 284 g/mol. The fraction of sp³-hybridized carbons (Fsp3) is 0.250. The zero-order chi connectivity index (χ0) is 12.5. The number of hydrogen-bond acceptors (Lipinski definition) is 5. The molecule has 4 nitrogen and oxygen atoms in total. The van der Waals surface area contributed by atoms with Gasteiger partial charge in [0.2, 0.25) is 0 Å². The number of aromatic nitrogens is 1. The number of halogens is 1. The first-order valence-corrected chi connectivity index (χ1v) is 6.62. The molecule has 0 aliphatic carbocycles. The molecule has 94 valence electrons. The van der Waals surface area contributed by atoms with Gasteiger partial charge in [-0.15, -0.1) is 11.3 Å². The third kappa shape index (κ3) is 2.05. The van der Waals surface area contributed by atoms with E-state index in [0.717, 1.165) is 15.4 Å². The highest BCUT2D eigenvalue weighted by molar-refractivity contribution is 7.15. The molecule has 0 atom stereocenters. The van der Waals surface area contributed by atoms with E-state index in [1.165, 1.54) is 11.3 Å². The van der Waals surface area contributed by atoms with E-state index in [2.05, 4.69) is 4.98 Å². The Balaban J connectivity index is 2.04. The van der Waals surface area contributed by atoms with Gasteiger partial charge in [-0.3, -0.25) is 0 Å². The maximum absolute atomic E-state index is 9.04. The summed E-state index contributed by atoms with van der Waals surface area (Å²) in [6.07, 6.45) is 1.66. The van der Waals surface area contributed by atoms with Gasteiger partial charge in [0.1, 0.15) is 18.2 Å². The molecule has 1 N–H and O–H groups in total. The molecule has 2 aromatic rings. The minimum absolute atomic E-state index is 0.00402. The zero-order valence-electron chi connectivity index (χ0n) is 9.35. The van der Waals surface area contributed by atoms with Gasteiger partial charge < -0.3 is 14.6 Å². The average Bonchev–Trinajstić information content (AvgIpc) is 2.87. The number of nitrogens with zero attached hydrogens (tertiary/aromatic N) is 1. The van der Waals surface area contributed by atoms with Crippen molar-refractivity contribution < 1.29 is 14.6 Å². The highest BCUT2D eigenvalue weighted by Crippen LogP contribution is 2.41. The van der Waals surface area contributed by atoms with Crippen LogP contribution in [0.3, 0.4) is 0 Å². The number of fused-ring (bicyclic) bond motifs is 1. The standard InChI is InChI=1S/C12H10ClNO3S/c13-9-3-7(12-14-5-8(6-15)18-12)4-10-11(9)17-2-1-16-10/h3-5,15H,1-2,6H2. The van der Waals surface area contributed by atoms with Crippen molar-refractivity contribution in [2.75, 3.05) is 13.2 Å². The fourth-order valence-corrected chi connectivity index (χ4v) is 2.77. The second-order valence-corrected chi connectivity index (χ2v) is 5.29. The van der Waals surface area contributed by atoms with Crippen LogP contribution in [0.25, 0.3) is 10.6 Å². The third-order valence-corrected chi connectivity index (χ3v) is 3.87. The molecule has 1 aromatic carbocycles. The quantitative estimate of drug-likeness (QED) is 0.921. The second kappa shape index (κ2) is 4.76. The summed E-state index contributed by atoms with van der Waals surface area (Å²) in [5, 5.41) is 10.4. The minimum atomic E-state index is -0.00402. The Labute approximate surface area is 113 Å². The SMILES string of the molecule is OCc1cnc(-c2cc(Cl)c3c(c2)OCCO3)s1. The number of rotatable bonds is 2. The summed E-state index contributed by atoms with van der Waals surface area (Å²) in [5.41, 5.74) is 0.869. The Morgan fingerprint density at radius 3 is 2.94 bits per heavy atom. The van der Waals surface area contributed by atoms with Gasteiger partial charge in [-0.2, -0.15) is 0 Å². The number of hydrogen-bond donors (Lipinski definition) is 1. The molecule has 1 aliphatic rings. The summed E-state index contributed by atoms with van der Waals surface area (Å²) in [6.45, 7) is 1.03. The van der Waals surface area contributed by atoms with Crippen molar-refractivity contribution >= 4 is 22.9 Å². The lowest BCUT2D eigenvalue weighted by molar-refractivity contribution is 0.172. The fourth-order valence-electron chi connectivity index (χ4n) is 1.75. The second-order valence-electron chi connectivity index (χ2n) is 3.77. The molecule has 6 heteroatoms. The van der Waals surface area contributed by atoms with Gasteiger partial charge in [-0.25, -0.2) is 4.98 Å². The number of aliphatic hydroxyl groups is 1. The summed E-state index contributed by atoms with van der Waals surface area (Å²) in [4.78, 5) is 5.07. The highest BCUT2D eigenvalue weighted by atomic mass is 35.5. The molecule has 0 amide bonds. The van der Waals surface area contributed by atoms with Crippen LogP contribution in [-0.2, 0) is 6.61 Å². The predicted octanol–water partition coefficient (Wildman–Crippen LogP) is 2.73. The summed E-state index contributed by atoms with van der Waals surface area (Å²) < 4.78 is 11.0. The van der Waals surface area contributed by atoms with E-state index in [-0.39, 0.29) is 6.61 Å². The van der Waals surface area contributed by atoms with Crippen LogP contribution in [0, 0.1) is 0 Å². The van der Waals surface area contributed by atoms with Gasteiger partial charge in [-0.05, 0) is 12.1 Å². The van der Waals surface area contributed by atoms with Crippen LogP contribution >= 0.6 is 22.9 Å². The summed E-state index contributed by atoms with van der Waals surface area (Å²) in [5.74, 6) is 1.23. The van der Waals surface area contributed by atoms with Gasteiger partial charge in [0.05, 0.1) is 16.5 Å². The van der Waals surface area contributed by atoms with Crippen LogP contribution in [0.2, 0.25) is 5.02 Å². The normalized spacial score (nSPS) is 13.7. The van der Waals surface area contributed by atoms with Crippen molar-refractivity contribution in [1.82, 2.24) is 4.98 Å². The smallest absolute Gasteiger partial charge is 0.179 e. The summed E-state index contributed by atoms with van der Waals surface area (Å²) >= 11 is 7.59. The molecule has 1 aromatic heterocycles. The van der Waals surface area contributed by atoms with Crippen molar-refractivity contribution in [3.8, 4) is 22.1 Å². The number of aliphatic hydroxyl groups excluding tert-OH is 1. The lowest BCUT2D eigenvalue weighted by atomic mass is 10.2. The highest BCUT2D eigenvalue weighted by Gasteiger charge is 2.18. The first-order chi connectivity index (χ1) is 8.78. The van der Waals surface area contributed by atoms with Crippen LogP contribution in [0.15, 0.2) is 18.3 Å². The van der Waals surface area contributed by atoms with E-state index in [9.17, 15) is 0 Å². The Kier molecular flexibility index (Phi) is 3.11.